The zero-order valence-corrected chi connectivity index (χ0v) is 14.9. The fourth-order valence-corrected chi connectivity index (χ4v) is 3.26. The first-order chi connectivity index (χ1) is 9.86. The van der Waals surface area contributed by atoms with Gasteiger partial charge in [0.2, 0.25) is 0 Å². The van der Waals surface area contributed by atoms with E-state index in [9.17, 15) is 4.79 Å². The molecule has 0 aliphatic rings. The van der Waals surface area contributed by atoms with Gasteiger partial charge in [-0.05, 0) is 68.6 Å². The smallest absolute Gasteiger partial charge is 0.323 e. The first-order valence-corrected chi connectivity index (χ1v) is 7.92. The average Bonchev–Trinajstić information content (AvgIpc) is 2.38. The first-order valence-electron chi connectivity index (χ1n) is 5.95. The van der Waals surface area contributed by atoms with Crippen LogP contribution in [0.5, 0.6) is 0 Å². The number of aryl methyl sites for hydroxylation is 1. The lowest BCUT2D eigenvalue weighted by Gasteiger charge is -2.12. The molecular weight excluding hydrogens is 421 g/mol. The summed E-state index contributed by atoms with van der Waals surface area (Å²) in [6.45, 7) is 1.90. The lowest BCUT2D eigenvalue weighted by atomic mass is 10.2. The van der Waals surface area contributed by atoms with E-state index in [0.717, 1.165) is 5.56 Å². The van der Waals surface area contributed by atoms with Crippen LogP contribution in [-0.2, 0) is 0 Å². The Bertz CT molecular complexity index is 684. The van der Waals surface area contributed by atoms with Crippen molar-refractivity contribution >= 4 is 66.6 Å². The van der Waals surface area contributed by atoms with Gasteiger partial charge in [-0.25, -0.2) is 4.79 Å². The van der Waals surface area contributed by atoms with Gasteiger partial charge in [-0.3, -0.25) is 0 Å². The second-order valence-corrected chi connectivity index (χ2v) is 6.52. The minimum Gasteiger partial charge on any atom is -0.399 e. The molecule has 110 valence electrons. The summed E-state index contributed by atoms with van der Waals surface area (Å²) in [5.41, 5.74) is 8.46. The number of nitrogens with one attached hydrogen (secondary N) is 2. The topological polar surface area (TPSA) is 67.2 Å². The molecule has 0 aromatic heterocycles. The maximum absolute atomic E-state index is 12.0. The Morgan fingerprint density at radius 3 is 2.33 bits per heavy atom. The number of amides is 2. The van der Waals surface area contributed by atoms with Crippen molar-refractivity contribution in [1.82, 2.24) is 0 Å². The Labute approximate surface area is 144 Å². The van der Waals surface area contributed by atoms with Crippen molar-refractivity contribution < 1.29 is 4.79 Å². The molecule has 0 unspecified atom stereocenters. The number of hydrogen-bond donors (Lipinski definition) is 3. The largest absolute Gasteiger partial charge is 0.399 e. The Morgan fingerprint density at radius 2 is 1.76 bits per heavy atom. The van der Waals surface area contributed by atoms with Crippen LogP contribution >= 0.6 is 43.5 Å². The van der Waals surface area contributed by atoms with Crippen molar-refractivity contribution in [1.29, 1.82) is 0 Å². The Hall–Kier alpha value is -1.24. The number of halogens is 3. The van der Waals surface area contributed by atoms with Crippen molar-refractivity contribution in [3.8, 4) is 0 Å². The van der Waals surface area contributed by atoms with Crippen LogP contribution in [0.4, 0.5) is 21.9 Å². The Morgan fingerprint density at radius 1 is 1.14 bits per heavy atom. The van der Waals surface area contributed by atoms with Gasteiger partial charge in [0.25, 0.3) is 0 Å². The maximum atomic E-state index is 12.0. The molecule has 4 N–H and O–H groups in total. The Balaban J connectivity index is 2.13. The second-order valence-electron chi connectivity index (χ2n) is 4.40. The van der Waals surface area contributed by atoms with Crippen LogP contribution in [0.25, 0.3) is 0 Å². The standard InChI is InChI=1S/C14H12Br2ClN3O/c1-7-2-3-9(6-12(7)17)19-14(21)20-13-10(15)4-8(18)5-11(13)16/h2-6H,18H2,1H3,(H2,19,20,21). The number of urea groups is 1. The van der Waals surface area contributed by atoms with Gasteiger partial charge >= 0.3 is 6.03 Å². The van der Waals surface area contributed by atoms with Crippen LogP contribution in [0, 0.1) is 6.92 Å². The number of carbonyl (C=O) groups excluding carboxylic acids is 1. The van der Waals surface area contributed by atoms with Crippen LogP contribution in [0.2, 0.25) is 5.02 Å². The summed E-state index contributed by atoms with van der Waals surface area (Å²) in [5.74, 6) is 0. The van der Waals surface area contributed by atoms with E-state index in [0.29, 0.717) is 31.0 Å². The maximum Gasteiger partial charge on any atom is 0.323 e. The zero-order valence-electron chi connectivity index (χ0n) is 11.0. The van der Waals surface area contributed by atoms with Crippen molar-refractivity contribution in [2.75, 3.05) is 16.4 Å². The summed E-state index contributed by atoms with van der Waals surface area (Å²) in [6.07, 6.45) is 0. The summed E-state index contributed by atoms with van der Waals surface area (Å²) < 4.78 is 1.37. The summed E-state index contributed by atoms with van der Waals surface area (Å²) >= 11 is 12.7. The van der Waals surface area contributed by atoms with E-state index in [1.807, 2.05) is 13.0 Å². The predicted molar refractivity (Wildman–Crippen MR) is 95.1 cm³/mol. The molecule has 0 fully saturated rings. The summed E-state index contributed by atoms with van der Waals surface area (Å²) in [5, 5.41) is 6.07. The molecule has 0 heterocycles. The molecule has 0 saturated carbocycles. The molecule has 0 aliphatic carbocycles. The highest BCUT2D eigenvalue weighted by Crippen LogP contribution is 2.33. The molecule has 2 aromatic rings. The molecule has 4 nitrogen and oxygen atoms in total. The first kappa shape index (κ1) is 16.1. The van der Waals surface area contributed by atoms with Gasteiger partial charge in [0.15, 0.2) is 0 Å². The summed E-state index contributed by atoms with van der Waals surface area (Å²) in [7, 11) is 0. The fraction of sp³-hybridized carbons (Fsp3) is 0.0714. The third-order valence-electron chi connectivity index (χ3n) is 2.73. The van der Waals surface area contributed by atoms with E-state index in [2.05, 4.69) is 42.5 Å². The zero-order chi connectivity index (χ0) is 15.6. The number of rotatable bonds is 2. The number of nitrogen functional groups attached to an aromatic ring is 1. The van der Waals surface area contributed by atoms with Crippen molar-refractivity contribution in [3.05, 3.63) is 49.9 Å². The van der Waals surface area contributed by atoms with Crippen molar-refractivity contribution in [2.45, 2.75) is 6.92 Å². The minimum atomic E-state index is -0.374. The quantitative estimate of drug-likeness (QED) is 0.555. The monoisotopic (exact) mass is 431 g/mol. The van der Waals surface area contributed by atoms with Crippen LogP contribution in [0.1, 0.15) is 5.56 Å². The molecule has 0 radical (unpaired) electrons. The van der Waals surface area contributed by atoms with Crippen LogP contribution < -0.4 is 16.4 Å². The van der Waals surface area contributed by atoms with Gasteiger partial charge in [0.1, 0.15) is 0 Å². The van der Waals surface area contributed by atoms with Gasteiger partial charge in [-0.2, -0.15) is 0 Å². The second kappa shape index (κ2) is 6.68. The molecule has 0 atom stereocenters. The summed E-state index contributed by atoms with van der Waals surface area (Å²) in [4.78, 5) is 12.0. The van der Waals surface area contributed by atoms with Crippen molar-refractivity contribution in [3.63, 3.8) is 0 Å². The van der Waals surface area contributed by atoms with E-state index >= 15 is 0 Å². The van der Waals surface area contributed by atoms with E-state index in [1.165, 1.54) is 0 Å². The number of nitrogens with two attached hydrogens (primary N) is 1. The number of anilines is 3. The molecule has 2 aromatic carbocycles. The lowest BCUT2D eigenvalue weighted by Crippen LogP contribution is -2.20. The molecule has 0 aliphatic heterocycles. The summed E-state index contributed by atoms with van der Waals surface area (Å²) in [6, 6.07) is 8.37. The van der Waals surface area contributed by atoms with Gasteiger partial charge in [-0.15, -0.1) is 0 Å². The number of benzene rings is 2. The van der Waals surface area contributed by atoms with Gasteiger partial charge in [0, 0.05) is 25.3 Å². The molecule has 21 heavy (non-hydrogen) atoms. The van der Waals surface area contributed by atoms with E-state index in [4.69, 9.17) is 17.3 Å². The molecule has 0 saturated heterocycles. The molecule has 0 bridgehead atoms. The average molecular weight is 434 g/mol. The number of hydrogen-bond acceptors (Lipinski definition) is 2. The third-order valence-corrected chi connectivity index (χ3v) is 4.39. The van der Waals surface area contributed by atoms with Gasteiger partial charge in [-0.1, -0.05) is 17.7 Å². The van der Waals surface area contributed by atoms with Crippen LogP contribution in [0.3, 0.4) is 0 Å². The van der Waals surface area contributed by atoms with Gasteiger partial charge < -0.3 is 16.4 Å². The normalized spacial score (nSPS) is 10.3. The highest BCUT2D eigenvalue weighted by Gasteiger charge is 2.11. The lowest BCUT2D eigenvalue weighted by molar-refractivity contribution is 0.262. The van der Waals surface area contributed by atoms with E-state index in [-0.39, 0.29) is 6.03 Å². The molecule has 0 spiro atoms. The number of carbonyl (C=O) groups is 1. The van der Waals surface area contributed by atoms with E-state index in [1.54, 1.807) is 24.3 Å². The third kappa shape index (κ3) is 4.12. The van der Waals surface area contributed by atoms with Crippen LogP contribution in [0.15, 0.2) is 39.3 Å². The predicted octanol–water partition coefficient (Wildman–Crippen LogP) is 5.40. The SMILES string of the molecule is Cc1ccc(NC(=O)Nc2c(Br)cc(N)cc2Br)cc1Cl. The van der Waals surface area contributed by atoms with E-state index < -0.39 is 0 Å². The molecule has 2 amide bonds. The highest BCUT2D eigenvalue weighted by molar-refractivity contribution is 9.11. The highest BCUT2D eigenvalue weighted by atomic mass is 79.9. The van der Waals surface area contributed by atoms with Crippen molar-refractivity contribution in [2.24, 2.45) is 0 Å². The minimum absolute atomic E-state index is 0.374. The molecular formula is C14H12Br2ClN3O. The Kier molecular flexibility index (Phi) is 5.13. The fourth-order valence-electron chi connectivity index (χ4n) is 1.66. The molecule has 2 rings (SSSR count). The van der Waals surface area contributed by atoms with Crippen LogP contribution in [-0.4, -0.2) is 6.03 Å². The molecule has 7 heteroatoms. The van der Waals surface area contributed by atoms with Gasteiger partial charge in [0.05, 0.1) is 5.69 Å².